The van der Waals surface area contributed by atoms with E-state index < -0.39 is 76.9 Å². The molecular weight excluding hydrogens is 444 g/mol. The van der Waals surface area contributed by atoms with Gasteiger partial charge < -0.3 is 10.2 Å². The maximum atomic E-state index is 15.1. The summed E-state index contributed by atoms with van der Waals surface area (Å²) in [6, 6.07) is -1.66. The number of hydrogen-bond acceptors (Lipinski definition) is 4. The monoisotopic (exact) mass is 467 g/mol. The molecule has 10 heteroatoms. The Bertz CT molecular complexity index is 1380. The molecule has 0 bridgehead atoms. The Morgan fingerprint density at radius 3 is 2.72 bits per heavy atom. The van der Waals surface area contributed by atoms with Crippen molar-refractivity contribution >= 4 is 35.2 Å². The number of amides is 4. The van der Waals surface area contributed by atoms with Crippen LogP contribution in [0.1, 0.15) is 46.7 Å². The molecule has 2 unspecified atom stereocenters. The number of imide groups is 1. The van der Waals surface area contributed by atoms with Crippen molar-refractivity contribution in [3.63, 3.8) is 0 Å². The molecule has 0 saturated carbocycles. The quantitative estimate of drug-likeness (QED) is 0.660. The standard InChI is InChI=1S/C22H18ClF2N3O4/c23-15-4-2-14(3-5-15)22(24,25)21(32)26-10-12-1-6-16-13(9-12)11-28(20(16)31)17-7-8-18(29)27-19(17)30/h1-6,9,17H,7-8,10-11H2,(H,26,32)(H,27,29,30)/i2D,3D,4D,5D,10D/hD. The smallest absolute Gasteiger partial charge is 0.346 e. The average Bonchev–Trinajstić information content (AvgIpc) is 3.20. The maximum Gasteiger partial charge on any atom is 0.349 e. The van der Waals surface area contributed by atoms with Crippen molar-refractivity contribution in [3.8, 4) is 0 Å². The predicted octanol–water partition coefficient (Wildman–Crippen LogP) is 2.51. The van der Waals surface area contributed by atoms with Crippen LogP contribution in [0.15, 0.2) is 42.4 Å². The summed E-state index contributed by atoms with van der Waals surface area (Å²) in [5.41, 5.74) is -1.20. The molecule has 2 heterocycles. The lowest BCUT2D eigenvalue weighted by Gasteiger charge is -2.29. The first-order chi connectivity index (χ1) is 17.7. The van der Waals surface area contributed by atoms with Gasteiger partial charge in [-0.1, -0.05) is 35.8 Å². The van der Waals surface area contributed by atoms with Gasteiger partial charge in [-0.3, -0.25) is 24.5 Å². The van der Waals surface area contributed by atoms with Crippen molar-refractivity contribution in [1.29, 1.82) is 0 Å². The number of halogens is 3. The van der Waals surface area contributed by atoms with Crippen LogP contribution in [-0.2, 0) is 33.4 Å². The molecule has 2 aliphatic rings. The van der Waals surface area contributed by atoms with Gasteiger partial charge in [0.2, 0.25) is 11.8 Å². The van der Waals surface area contributed by atoms with Crippen molar-refractivity contribution in [2.75, 3.05) is 0 Å². The second-order valence-electron chi connectivity index (χ2n) is 7.14. The van der Waals surface area contributed by atoms with Gasteiger partial charge in [0.1, 0.15) is 6.04 Å². The number of fused-ring (bicyclic) bond motifs is 1. The molecule has 4 rings (SSSR count). The van der Waals surface area contributed by atoms with Gasteiger partial charge in [0, 0.05) is 35.6 Å². The van der Waals surface area contributed by atoms with E-state index in [-0.39, 0.29) is 35.8 Å². The van der Waals surface area contributed by atoms with Crippen LogP contribution >= 0.6 is 11.6 Å². The van der Waals surface area contributed by atoms with Crippen LogP contribution < -0.4 is 10.6 Å². The number of benzene rings is 2. The highest BCUT2D eigenvalue weighted by atomic mass is 35.5. The molecule has 2 aromatic carbocycles. The minimum atomic E-state index is -4.71. The van der Waals surface area contributed by atoms with Gasteiger partial charge in [-0.25, -0.2) is 0 Å². The van der Waals surface area contributed by atoms with E-state index in [1.807, 2.05) is 0 Å². The number of piperidine rings is 1. The van der Waals surface area contributed by atoms with Crippen LogP contribution in [0, 0.1) is 0 Å². The molecular formula is C22H18ClF2N3O4. The molecule has 7 nitrogen and oxygen atoms in total. The molecule has 0 aliphatic carbocycles. The van der Waals surface area contributed by atoms with Gasteiger partial charge in [0.25, 0.3) is 11.8 Å². The molecule has 2 aliphatic heterocycles. The molecule has 0 spiro atoms. The van der Waals surface area contributed by atoms with Crippen LogP contribution in [0.5, 0.6) is 0 Å². The lowest BCUT2D eigenvalue weighted by Crippen LogP contribution is -2.52. The Balaban J connectivity index is 1.59. The molecule has 1 fully saturated rings. The number of carbonyl (C=O) groups excluding carboxylic acids is 4. The first-order valence-electron chi connectivity index (χ1n) is 12.4. The van der Waals surface area contributed by atoms with Crippen molar-refractivity contribution in [1.82, 2.24) is 15.5 Å². The lowest BCUT2D eigenvalue weighted by molar-refractivity contribution is -0.147. The normalized spacial score (nSPS) is 22.0. The zero-order chi connectivity index (χ0) is 28.3. The van der Waals surface area contributed by atoms with Gasteiger partial charge in [0.15, 0.2) is 1.41 Å². The predicted molar refractivity (Wildman–Crippen MR) is 110 cm³/mol. The Morgan fingerprint density at radius 2 is 2.03 bits per heavy atom. The fourth-order valence-electron chi connectivity index (χ4n) is 3.45. The summed E-state index contributed by atoms with van der Waals surface area (Å²) in [6.45, 7) is -2.11. The van der Waals surface area contributed by atoms with Crippen molar-refractivity contribution in [3.05, 3.63) is 69.6 Å². The summed E-state index contributed by atoms with van der Waals surface area (Å²) in [6.07, 6.45) is 0.154. The van der Waals surface area contributed by atoms with Gasteiger partial charge in [0.05, 0.1) is 6.85 Å². The van der Waals surface area contributed by atoms with E-state index in [4.69, 9.17) is 19.9 Å². The summed E-state index contributed by atoms with van der Waals surface area (Å²) in [4.78, 5) is 50.3. The lowest BCUT2D eigenvalue weighted by atomic mass is 10.0. The summed E-state index contributed by atoms with van der Waals surface area (Å²) in [5, 5.41) is 1.08. The summed E-state index contributed by atoms with van der Waals surface area (Å²) < 4.78 is 77.1. The maximum absolute atomic E-state index is 15.1. The highest BCUT2D eigenvalue weighted by Gasteiger charge is 2.41. The average molecular weight is 468 g/mol. The van der Waals surface area contributed by atoms with Crippen LogP contribution in [0.2, 0.25) is 6.43 Å². The van der Waals surface area contributed by atoms with Crippen LogP contribution in [0.4, 0.5) is 8.78 Å². The number of hydrogen-bond donors (Lipinski definition) is 2. The van der Waals surface area contributed by atoms with Gasteiger partial charge in [-0.2, -0.15) is 8.78 Å². The minimum absolute atomic E-state index is 0.0395. The van der Waals surface area contributed by atoms with E-state index in [0.717, 1.165) is 0 Å². The minimum Gasteiger partial charge on any atom is -0.346 e. The molecule has 2 aromatic rings. The van der Waals surface area contributed by atoms with Crippen molar-refractivity contribution in [2.24, 2.45) is 0 Å². The molecule has 166 valence electrons. The SMILES string of the molecule is [2H]c1c([2H])c(C(F)(F)C(=O)N([2H])C([2H])c2ccc3c(c2)CN(C2CCC(=O)NC2=O)C3=O)c([2H])c([2H])c1Cl. The third kappa shape index (κ3) is 4.08. The molecule has 2 N–H and O–H groups in total. The zero-order valence-electron chi connectivity index (χ0n) is 22.2. The van der Waals surface area contributed by atoms with E-state index in [0.29, 0.717) is 5.56 Å². The Kier molecular flexibility index (Phi) is 4.02. The number of nitrogens with zero attached hydrogens (tertiary/aromatic N) is 1. The second-order valence-corrected chi connectivity index (χ2v) is 7.52. The van der Waals surface area contributed by atoms with Crippen molar-refractivity contribution < 1.29 is 36.2 Å². The van der Waals surface area contributed by atoms with Gasteiger partial charge in [-0.15, -0.1) is 0 Å². The molecule has 0 radical (unpaired) electrons. The number of alkyl halides is 2. The third-order valence-electron chi connectivity index (χ3n) is 5.06. The van der Waals surface area contributed by atoms with Gasteiger partial charge in [-0.05, 0) is 35.7 Å². The molecule has 1 saturated heterocycles. The van der Waals surface area contributed by atoms with E-state index >= 15 is 8.78 Å². The molecule has 4 amide bonds. The zero-order valence-corrected chi connectivity index (χ0v) is 16.9. The third-order valence-corrected chi connectivity index (χ3v) is 5.24. The Labute approximate surface area is 195 Å². The number of carbonyl (C=O) groups is 4. The summed E-state index contributed by atoms with van der Waals surface area (Å²) >= 11 is 5.63. The Hall–Kier alpha value is -3.33. The molecule has 2 atom stereocenters. The largest absolute Gasteiger partial charge is 0.349 e. The number of rotatable bonds is 5. The first-order valence-corrected chi connectivity index (χ1v) is 9.72. The molecule has 32 heavy (non-hydrogen) atoms. The topological polar surface area (TPSA) is 95.6 Å². The van der Waals surface area contributed by atoms with Crippen LogP contribution in [-0.4, -0.2) is 34.6 Å². The number of nitrogens with one attached hydrogen (secondary N) is 2. The van der Waals surface area contributed by atoms with E-state index in [2.05, 4.69) is 5.32 Å². The fourth-order valence-corrected chi connectivity index (χ4v) is 3.54. The second kappa shape index (κ2) is 8.31. The van der Waals surface area contributed by atoms with Crippen molar-refractivity contribution in [2.45, 2.75) is 37.9 Å². The van der Waals surface area contributed by atoms with Gasteiger partial charge >= 0.3 is 5.92 Å². The Morgan fingerprint density at radius 1 is 1.31 bits per heavy atom. The summed E-state index contributed by atoms with van der Waals surface area (Å²) in [7, 11) is 0. The van der Waals surface area contributed by atoms with E-state index in [1.54, 1.807) is 0 Å². The van der Waals surface area contributed by atoms with E-state index in [9.17, 15) is 19.2 Å². The summed E-state index contributed by atoms with van der Waals surface area (Å²) in [5.74, 6) is -8.59. The van der Waals surface area contributed by atoms with Crippen LogP contribution in [0.3, 0.4) is 0 Å². The first kappa shape index (κ1) is 15.5. The van der Waals surface area contributed by atoms with E-state index in [1.165, 1.54) is 23.1 Å². The fraction of sp³-hybridized carbons (Fsp3) is 0.273. The highest BCUT2D eigenvalue weighted by Crippen LogP contribution is 2.30. The van der Waals surface area contributed by atoms with Crippen LogP contribution in [0.25, 0.3) is 0 Å². The molecule has 0 aromatic heterocycles. The highest BCUT2D eigenvalue weighted by molar-refractivity contribution is 6.30.